The van der Waals surface area contributed by atoms with Crippen LogP contribution in [0.1, 0.15) is 220 Å². The Kier molecular flexibility index (Phi) is 21.8. The highest BCUT2D eigenvalue weighted by Crippen LogP contribution is 2.61. The third kappa shape index (κ3) is 13.3. The summed E-state index contributed by atoms with van der Waals surface area (Å²) < 4.78 is 4.44. The van der Waals surface area contributed by atoms with Crippen LogP contribution in [0.4, 0.5) is 0 Å². The summed E-state index contributed by atoms with van der Waals surface area (Å²) in [5.74, 6) is 0.526. The standard InChI is InChI=1S/C98H94N2O4S8/c1-7-13-17-19-21-29-51-99-95(101)83-81-85(60-37-27-24-28-38-60)109-90(92(81)112-93(83)97(99)103)76-56-72-80(74-50-44-62(106-74)54-58(12-6)34-16-10-4)86-71(79(87(72)108-76)73-49-43-61(105-73)53-57(11-5)33-15-9-3)55-75(107-86)89-82-84-94(98(104)100(96(84)102)52-30-22-20-18-14-8-2)111-91(82)88(110-89)70-48-47-69-65-40-31-39-64-63(59-35-25-23-26-36-59)45-46-68(77(64)65)66-41-32-42-67(70)78(66)69/h23-28,31-32,35-50,55-58H,7-22,29-30,33-34,51-54H2,1-6H3. The Morgan fingerprint density at radius 2 is 0.714 bits per heavy atom. The predicted molar refractivity (Wildman–Crippen MR) is 490 cm³/mol. The number of unbranched alkanes of at least 4 members (excludes halogenated alkanes) is 12. The van der Waals surface area contributed by atoms with E-state index in [1.807, 2.05) is 45.3 Å². The number of hydrogen-bond acceptors (Lipinski definition) is 12. The van der Waals surface area contributed by atoms with Crippen molar-refractivity contribution in [3.8, 4) is 72.4 Å². The lowest BCUT2D eigenvalue weighted by Gasteiger charge is -2.18. The van der Waals surface area contributed by atoms with Gasteiger partial charge in [-0.15, -0.1) is 90.7 Å². The van der Waals surface area contributed by atoms with Crippen LogP contribution in [0, 0.1) is 11.8 Å². The number of rotatable bonds is 33. The van der Waals surface area contributed by atoms with Gasteiger partial charge in [0.1, 0.15) is 9.75 Å². The fourth-order valence-corrected chi connectivity index (χ4v) is 28.9. The summed E-state index contributed by atoms with van der Waals surface area (Å²) in [6, 6.07) is 58.8. The highest BCUT2D eigenvalue weighted by atomic mass is 32.1. The van der Waals surface area contributed by atoms with Crippen LogP contribution in [0.25, 0.3) is 156 Å². The van der Waals surface area contributed by atoms with E-state index in [9.17, 15) is 4.79 Å². The lowest BCUT2D eigenvalue weighted by atomic mass is 9.86. The molecule has 8 aromatic carbocycles. The van der Waals surface area contributed by atoms with E-state index in [4.69, 9.17) is 0 Å². The molecule has 16 aromatic rings. The first kappa shape index (κ1) is 75.3. The lowest BCUT2D eigenvalue weighted by Crippen LogP contribution is -2.30. The first-order chi connectivity index (χ1) is 55.0. The first-order valence-corrected chi connectivity index (χ1v) is 47.9. The summed E-state index contributed by atoms with van der Waals surface area (Å²) in [6.07, 6.45) is 24.4. The van der Waals surface area contributed by atoms with Crippen molar-refractivity contribution in [3.05, 3.63) is 188 Å². The highest BCUT2D eigenvalue weighted by Gasteiger charge is 2.44. The van der Waals surface area contributed by atoms with Crippen LogP contribution in [0.15, 0.2) is 158 Å². The summed E-state index contributed by atoms with van der Waals surface area (Å²) in [5.41, 5.74) is 8.16. The maximum Gasteiger partial charge on any atom is 0.271 e. The fourth-order valence-electron chi connectivity index (χ4n) is 18.2. The fraction of sp³-hybridized carbons (Fsp3) is 0.327. The summed E-state index contributed by atoms with van der Waals surface area (Å²) in [6.45, 7) is 14.6. The summed E-state index contributed by atoms with van der Waals surface area (Å²) in [5, 5.41) is 14.0. The second kappa shape index (κ2) is 32.3. The van der Waals surface area contributed by atoms with Gasteiger partial charge in [0.15, 0.2) is 0 Å². The zero-order valence-corrected chi connectivity index (χ0v) is 71.5. The van der Waals surface area contributed by atoms with Gasteiger partial charge in [0.05, 0.1) is 35.2 Å². The summed E-state index contributed by atoms with van der Waals surface area (Å²) in [7, 11) is 0. The minimum Gasteiger partial charge on any atom is -0.274 e. The van der Waals surface area contributed by atoms with Gasteiger partial charge in [-0.3, -0.25) is 29.0 Å². The molecule has 0 fully saturated rings. The van der Waals surface area contributed by atoms with E-state index in [0.29, 0.717) is 45.8 Å². The van der Waals surface area contributed by atoms with Gasteiger partial charge in [-0.1, -0.05) is 278 Å². The second-order valence-corrected chi connectivity index (χ2v) is 39.9. The SMILES string of the molecule is CCCCCCCCN1C(=O)c2sc3c(-c4cc5c(-c6ccc(CC(CC)CCCC)s6)c6sc(-c7sc(-c8ccc9c%10cccc%11c(-c%12ccccc%12)ccc(c%12cccc8c%129)c%11%10)c8sc9c(c78)C(=O)N(CCCCCCCC)C9=O)cc6c(-c6ccc(CC(CC)CCCC)s6)c5s4)sc(-c4ccccc4)c3c2C1=O. The van der Waals surface area contributed by atoms with Gasteiger partial charge in [0.25, 0.3) is 23.6 Å². The van der Waals surface area contributed by atoms with Crippen molar-refractivity contribution in [2.24, 2.45) is 11.8 Å². The Labute approximate surface area is 689 Å². The third-order valence-electron chi connectivity index (χ3n) is 24.2. The number of fused-ring (bicyclic) bond motifs is 10. The van der Waals surface area contributed by atoms with Crippen LogP contribution in [0.2, 0.25) is 0 Å². The van der Waals surface area contributed by atoms with E-state index in [0.717, 1.165) is 143 Å². The van der Waals surface area contributed by atoms with E-state index in [-0.39, 0.29) is 23.6 Å². The number of imide groups is 2. The van der Waals surface area contributed by atoms with Gasteiger partial charge in [0.2, 0.25) is 0 Å². The zero-order chi connectivity index (χ0) is 76.4. The van der Waals surface area contributed by atoms with Crippen molar-refractivity contribution in [2.75, 3.05) is 13.1 Å². The summed E-state index contributed by atoms with van der Waals surface area (Å²) in [4.78, 5) is 76.8. The minimum atomic E-state index is -0.170. The number of thiophene rings is 8. The van der Waals surface area contributed by atoms with Gasteiger partial charge in [0, 0.05) is 94.9 Å². The molecule has 4 amide bonds. The molecular weight excluding hydrogens is 1530 g/mol. The normalized spacial score (nSPS) is 13.9. The molecule has 2 atom stereocenters. The molecule has 8 aromatic heterocycles. The molecule has 10 heterocycles. The van der Waals surface area contributed by atoms with Gasteiger partial charge in [-0.25, -0.2) is 0 Å². The molecule has 2 aliphatic rings. The lowest BCUT2D eigenvalue weighted by molar-refractivity contribution is 0.0638. The number of carbonyl (C=O) groups excluding carboxylic acids is 4. The van der Waals surface area contributed by atoms with Crippen molar-refractivity contribution in [1.29, 1.82) is 0 Å². The molecule has 6 nitrogen and oxygen atoms in total. The number of benzene rings is 8. The Bertz CT molecular complexity index is 6130. The quantitative estimate of drug-likeness (QED) is 0.0178. The Balaban J connectivity index is 0.866. The van der Waals surface area contributed by atoms with Gasteiger partial charge in [-0.05, 0) is 134 Å². The molecule has 2 aliphatic heterocycles. The van der Waals surface area contributed by atoms with Crippen molar-refractivity contribution < 1.29 is 19.2 Å². The molecule has 0 radical (unpaired) electrons. The first-order valence-electron chi connectivity index (χ1n) is 41.4. The van der Waals surface area contributed by atoms with E-state index < -0.39 is 0 Å². The average molecular weight is 1620 g/mol. The zero-order valence-electron chi connectivity index (χ0n) is 64.9. The molecular formula is C98H94N2O4S8. The molecule has 14 heteroatoms. The largest absolute Gasteiger partial charge is 0.274 e. The monoisotopic (exact) mass is 1620 g/mol. The number of amides is 4. The highest BCUT2D eigenvalue weighted by molar-refractivity contribution is 7.35. The third-order valence-corrected chi connectivity index (χ3v) is 34.2. The molecule has 0 N–H and O–H groups in total. The van der Waals surface area contributed by atoms with E-state index in [1.165, 1.54) is 187 Å². The Hall–Kier alpha value is -8.02. The molecule has 0 saturated heterocycles. The second-order valence-electron chi connectivity index (χ2n) is 31.3. The minimum absolute atomic E-state index is 0.157. The van der Waals surface area contributed by atoms with Crippen LogP contribution in [0.3, 0.4) is 0 Å². The van der Waals surface area contributed by atoms with E-state index >= 15 is 14.4 Å². The van der Waals surface area contributed by atoms with Crippen molar-refractivity contribution >= 4 is 198 Å². The maximum atomic E-state index is 15.7. The molecule has 0 saturated carbocycles. The molecule has 18 rings (SSSR count). The average Bonchev–Trinajstić information content (AvgIpc) is 1.53. The van der Waals surface area contributed by atoms with Crippen LogP contribution < -0.4 is 0 Å². The van der Waals surface area contributed by atoms with Crippen LogP contribution in [-0.2, 0) is 12.8 Å². The van der Waals surface area contributed by atoms with Crippen molar-refractivity contribution in [2.45, 2.75) is 183 Å². The Morgan fingerprint density at radius 3 is 1.22 bits per heavy atom. The summed E-state index contributed by atoms with van der Waals surface area (Å²) >= 11 is 14.2. The van der Waals surface area contributed by atoms with Gasteiger partial charge in [-0.2, -0.15) is 0 Å². The predicted octanol–water partition coefficient (Wildman–Crippen LogP) is 31.9. The molecule has 0 bridgehead atoms. The van der Waals surface area contributed by atoms with Crippen molar-refractivity contribution in [1.82, 2.24) is 9.80 Å². The van der Waals surface area contributed by atoms with Crippen LogP contribution >= 0.6 is 90.7 Å². The molecule has 112 heavy (non-hydrogen) atoms. The number of hydrogen-bond donors (Lipinski definition) is 0. The topological polar surface area (TPSA) is 74.8 Å². The van der Waals surface area contributed by atoms with E-state index in [2.05, 4.69) is 199 Å². The molecule has 568 valence electrons. The maximum absolute atomic E-state index is 15.7. The van der Waals surface area contributed by atoms with Gasteiger partial charge >= 0.3 is 0 Å². The Morgan fingerprint density at radius 1 is 0.286 bits per heavy atom. The number of carbonyl (C=O) groups is 4. The van der Waals surface area contributed by atoms with Gasteiger partial charge < -0.3 is 0 Å². The smallest absolute Gasteiger partial charge is 0.271 e. The van der Waals surface area contributed by atoms with Crippen LogP contribution in [-0.4, -0.2) is 46.5 Å². The van der Waals surface area contributed by atoms with E-state index in [1.54, 1.807) is 32.5 Å². The van der Waals surface area contributed by atoms with Crippen LogP contribution in [0.5, 0.6) is 0 Å². The molecule has 2 unspecified atom stereocenters. The van der Waals surface area contributed by atoms with Crippen molar-refractivity contribution in [3.63, 3.8) is 0 Å². The number of nitrogens with zero attached hydrogens (tertiary/aromatic N) is 2. The molecule has 0 aliphatic carbocycles. The molecule has 0 spiro atoms.